The lowest BCUT2D eigenvalue weighted by atomic mass is 9.88. The number of rotatable bonds is 3. The summed E-state index contributed by atoms with van der Waals surface area (Å²) >= 11 is 0. The molecule has 0 aromatic carbocycles. The Kier molecular flexibility index (Phi) is 4.08. The summed E-state index contributed by atoms with van der Waals surface area (Å²) in [6, 6.07) is -1.61. The highest BCUT2D eigenvalue weighted by atomic mass is 16.4. The Hall–Kier alpha value is -2.05. The van der Waals surface area contributed by atoms with E-state index in [9.17, 15) is 14.7 Å². The largest absolute Gasteiger partial charge is 0.478 e. The molecule has 17 heavy (non-hydrogen) atoms. The lowest BCUT2D eigenvalue weighted by Crippen LogP contribution is -2.51. The van der Waals surface area contributed by atoms with Crippen LogP contribution in [-0.2, 0) is 9.59 Å². The van der Waals surface area contributed by atoms with Gasteiger partial charge in [0.1, 0.15) is 0 Å². The van der Waals surface area contributed by atoms with Crippen LogP contribution in [0.15, 0.2) is 16.8 Å². The number of carboxylic acids is 1. The number of carbonyl (C=O) groups is 2. The van der Waals surface area contributed by atoms with Crippen LogP contribution in [-0.4, -0.2) is 40.3 Å². The van der Waals surface area contributed by atoms with E-state index < -0.39 is 24.2 Å². The minimum absolute atomic E-state index is 0.0264. The minimum Gasteiger partial charge on any atom is -0.478 e. The number of aliphatic hydroxyl groups excluding tert-OH is 1. The third-order valence-electron chi connectivity index (χ3n) is 2.43. The van der Waals surface area contributed by atoms with Gasteiger partial charge in [-0.25, -0.2) is 4.79 Å². The molecule has 0 spiro atoms. The molecule has 0 aromatic heterocycles. The summed E-state index contributed by atoms with van der Waals surface area (Å²) < 4.78 is 0. The van der Waals surface area contributed by atoms with Gasteiger partial charge in [0.25, 0.3) is 0 Å². The fraction of sp³-hybridized carbons (Fsp3) is 0.556. The molecule has 0 heterocycles. The van der Waals surface area contributed by atoms with E-state index in [4.69, 9.17) is 10.6 Å². The van der Waals surface area contributed by atoms with Gasteiger partial charge in [0.05, 0.1) is 18.2 Å². The molecule has 1 aliphatic rings. The van der Waals surface area contributed by atoms with Crippen LogP contribution in [0.1, 0.15) is 13.3 Å². The fourth-order valence-electron chi connectivity index (χ4n) is 1.71. The first-order valence-corrected chi connectivity index (χ1v) is 4.89. The Morgan fingerprint density at radius 1 is 1.65 bits per heavy atom. The third kappa shape index (κ3) is 3.20. The highest BCUT2D eigenvalue weighted by Crippen LogP contribution is 2.22. The minimum atomic E-state index is -1.19. The average molecular weight is 240 g/mol. The van der Waals surface area contributed by atoms with Crippen LogP contribution in [0.25, 0.3) is 10.4 Å². The summed E-state index contributed by atoms with van der Waals surface area (Å²) in [5.41, 5.74) is 8.35. The maximum Gasteiger partial charge on any atom is 0.331 e. The van der Waals surface area contributed by atoms with E-state index >= 15 is 0 Å². The molecule has 0 aliphatic heterocycles. The van der Waals surface area contributed by atoms with E-state index in [0.717, 1.165) is 6.08 Å². The summed E-state index contributed by atoms with van der Waals surface area (Å²) in [7, 11) is 0. The van der Waals surface area contributed by atoms with Gasteiger partial charge in [0.15, 0.2) is 0 Å². The van der Waals surface area contributed by atoms with Crippen LogP contribution < -0.4 is 5.32 Å². The van der Waals surface area contributed by atoms with Crippen molar-refractivity contribution >= 4 is 11.9 Å². The van der Waals surface area contributed by atoms with Gasteiger partial charge in [0.2, 0.25) is 5.91 Å². The van der Waals surface area contributed by atoms with Crippen molar-refractivity contribution in [1.29, 1.82) is 0 Å². The first kappa shape index (κ1) is 13.0. The summed E-state index contributed by atoms with van der Waals surface area (Å²) in [4.78, 5) is 24.3. The number of hydrogen-bond acceptors (Lipinski definition) is 4. The van der Waals surface area contributed by atoms with Crippen molar-refractivity contribution in [2.24, 2.45) is 5.11 Å². The van der Waals surface area contributed by atoms with Crippen LogP contribution >= 0.6 is 0 Å². The van der Waals surface area contributed by atoms with Gasteiger partial charge in [-0.3, -0.25) is 4.79 Å². The number of nitrogens with one attached hydrogen (secondary N) is 1. The number of carbonyl (C=O) groups excluding carboxylic acids is 1. The second-order valence-electron chi connectivity index (χ2n) is 3.69. The molecule has 0 radical (unpaired) electrons. The van der Waals surface area contributed by atoms with E-state index in [-0.39, 0.29) is 17.9 Å². The molecule has 92 valence electrons. The molecule has 3 N–H and O–H groups in total. The monoisotopic (exact) mass is 240 g/mol. The normalized spacial score (nSPS) is 27.6. The molecule has 0 fully saturated rings. The molecular formula is C9H12N4O4. The summed E-state index contributed by atoms with van der Waals surface area (Å²) in [5.74, 6) is -1.57. The van der Waals surface area contributed by atoms with Gasteiger partial charge >= 0.3 is 5.97 Å². The molecule has 1 amide bonds. The van der Waals surface area contributed by atoms with Crippen molar-refractivity contribution in [2.75, 3.05) is 0 Å². The Morgan fingerprint density at radius 3 is 2.76 bits per heavy atom. The molecule has 0 aromatic rings. The Morgan fingerprint density at radius 2 is 2.29 bits per heavy atom. The zero-order chi connectivity index (χ0) is 13.0. The second kappa shape index (κ2) is 5.33. The smallest absolute Gasteiger partial charge is 0.331 e. The summed E-state index contributed by atoms with van der Waals surface area (Å²) in [5, 5.41) is 24.3. The van der Waals surface area contributed by atoms with Crippen LogP contribution in [0.3, 0.4) is 0 Å². The first-order chi connectivity index (χ1) is 7.95. The number of carboxylic acid groups (broad SMARTS) is 1. The van der Waals surface area contributed by atoms with Crippen molar-refractivity contribution < 1.29 is 19.8 Å². The van der Waals surface area contributed by atoms with Crippen LogP contribution in [0.4, 0.5) is 0 Å². The molecule has 1 aliphatic carbocycles. The van der Waals surface area contributed by atoms with Crippen LogP contribution in [0.5, 0.6) is 0 Å². The van der Waals surface area contributed by atoms with Crippen LogP contribution in [0.2, 0.25) is 0 Å². The highest BCUT2D eigenvalue weighted by molar-refractivity contribution is 5.87. The molecule has 0 saturated carbocycles. The molecule has 8 nitrogen and oxygen atoms in total. The molecular weight excluding hydrogens is 228 g/mol. The van der Waals surface area contributed by atoms with Gasteiger partial charge in [0, 0.05) is 17.4 Å². The molecule has 3 atom stereocenters. The number of nitrogens with zero attached hydrogens (tertiary/aromatic N) is 3. The van der Waals surface area contributed by atoms with Crippen LogP contribution in [0, 0.1) is 0 Å². The van der Waals surface area contributed by atoms with Gasteiger partial charge in [-0.15, -0.1) is 0 Å². The van der Waals surface area contributed by atoms with E-state index in [0.29, 0.717) is 0 Å². The number of aliphatic hydroxyl groups is 1. The zero-order valence-corrected chi connectivity index (χ0v) is 9.07. The SMILES string of the molecule is CC(=O)N[C@H]1[C@H](O)C=C(C(=O)O)C[C@@H]1N=[N+]=[N-]. The summed E-state index contributed by atoms with van der Waals surface area (Å²) in [6.07, 6.45) is -0.0671. The Balaban J connectivity index is 2.99. The highest BCUT2D eigenvalue weighted by Gasteiger charge is 2.34. The van der Waals surface area contributed by atoms with E-state index in [1.54, 1.807) is 0 Å². The van der Waals surface area contributed by atoms with Crippen molar-refractivity contribution in [3.63, 3.8) is 0 Å². The van der Waals surface area contributed by atoms with Crippen molar-refractivity contribution in [3.8, 4) is 0 Å². The number of aliphatic carboxylic acids is 1. The lowest BCUT2D eigenvalue weighted by molar-refractivity contribution is -0.133. The summed E-state index contributed by atoms with van der Waals surface area (Å²) in [6.45, 7) is 1.26. The fourth-order valence-corrected chi connectivity index (χ4v) is 1.71. The van der Waals surface area contributed by atoms with Crippen molar-refractivity contribution in [3.05, 3.63) is 22.1 Å². The van der Waals surface area contributed by atoms with Crippen molar-refractivity contribution in [1.82, 2.24) is 5.32 Å². The number of amides is 1. The van der Waals surface area contributed by atoms with Gasteiger partial charge in [-0.2, -0.15) is 0 Å². The molecule has 0 saturated heterocycles. The molecule has 0 bridgehead atoms. The quantitative estimate of drug-likeness (QED) is 0.361. The zero-order valence-electron chi connectivity index (χ0n) is 9.07. The maximum atomic E-state index is 10.9. The topological polar surface area (TPSA) is 135 Å². The first-order valence-electron chi connectivity index (χ1n) is 4.89. The lowest BCUT2D eigenvalue weighted by Gasteiger charge is -2.31. The van der Waals surface area contributed by atoms with E-state index in [1.165, 1.54) is 6.92 Å². The second-order valence-corrected chi connectivity index (χ2v) is 3.69. The van der Waals surface area contributed by atoms with Crippen molar-refractivity contribution in [2.45, 2.75) is 31.5 Å². The van der Waals surface area contributed by atoms with Gasteiger partial charge < -0.3 is 15.5 Å². The van der Waals surface area contributed by atoms with Gasteiger partial charge in [-0.1, -0.05) is 5.11 Å². The Labute approximate surface area is 96.6 Å². The molecule has 0 unspecified atom stereocenters. The third-order valence-corrected chi connectivity index (χ3v) is 2.43. The molecule has 8 heteroatoms. The standard InChI is InChI=1S/C9H12N4O4/c1-4(14)11-8-6(12-13-10)2-5(9(16)17)3-7(8)15/h3,6-8,15H,2H2,1H3,(H,11,14)(H,16,17)/t6-,7+,8+/m0/s1. The van der Waals surface area contributed by atoms with Gasteiger partial charge in [-0.05, 0) is 18.0 Å². The van der Waals surface area contributed by atoms with E-state index in [1.807, 2.05) is 0 Å². The Bertz CT molecular complexity index is 413. The predicted octanol–water partition coefficient (Wildman–Crippen LogP) is -0.0544. The maximum absolute atomic E-state index is 10.9. The molecule has 1 rings (SSSR count). The average Bonchev–Trinajstić information content (AvgIpc) is 2.22. The number of azide groups is 1. The van der Waals surface area contributed by atoms with E-state index in [2.05, 4.69) is 15.3 Å². The number of hydrogen-bond donors (Lipinski definition) is 3. The predicted molar refractivity (Wildman–Crippen MR) is 56.9 cm³/mol.